The number of aryl methyl sites for hydroxylation is 1. The summed E-state index contributed by atoms with van der Waals surface area (Å²) in [4.78, 5) is 28.4. The van der Waals surface area contributed by atoms with Crippen molar-refractivity contribution in [3.8, 4) is 0 Å². The minimum absolute atomic E-state index is 0.110. The highest BCUT2D eigenvalue weighted by atomic mass is 35.5. The van der Waals surface area contributed by atoms with Crippen LogP contribution in [0, 0.1) is 6.92 Å². The Bertz CT molecular complexity index is 1350. The summed E-state index contributed by atoms with van der Waals surface area (Å²) < 4.78 is 26.5. The van der Waals surface area contributed by atoms with E-state index in [9.17, 15) is 18.0 Å². The second kappa shape index (κ2) is 12.4. The standard InChI is InChI=1S/C27H29Cl2N3O4S/c1-19-8-7-11-21(12-19)17-31(25(27(34)30-2)13-20-9-5-4-6-10-20)26(33)18-32(37(3,35)36)24-15-22(28)14-23(29)16-24/h4-12,14-16,25H,13,17-18H2,1-3H3,(H,30,34)/t25-/m0/s1. The fourth-order valence-electron chi connectivity index (χ4n) is 4.02. The molecule has 0 fully saturated rings. The van der Waals surface area contributed by atoms with E-state index in [1.54, 1.807) is 0 Å². The van der Waals surface area contributed by atoms with Crippen LogP contribution < -0.4 is 9.62 Å². The highest BCUT2D eigenvalue weighted by molar-refractivity contribution is 7.92. The molecule has 0 aromatic heterocycles. The molecule has 0 aliphatic carbocycles. The first kappa shape index (κ1) is 28.5. The molecule has 0 spiro atoms. The fraction of sp³-hybridized carbons (Fsp3) is 0.259. The van der Waals surface area contributed by atoms with Crippen LogP contribution in [0.2, 0.25) is 10.0 Å². The van der Waals surface area contributed by atoms with Crippen molar-refractivity contribution in [2.24, 2.45) is 0 Å². The third kappa shape index (κ3) is 7.95. The number of carbonyl (C=O) groups excluding carboxylic acids is 2. The van der Waals surface area contributed by atoms with Gasteiger partial charge in [0, 0.05) is 30.1 Å². The third-order valence-corrected chi connectivity index (χ3v) is 7.34. The fourth-order valence-corrected chi connectivity index (χ4v) is 5.37. The molecule has 1 N–H and O–H groups in total. The Kier molecular flexibility index (Phi) is 9.59. The maximum atomic E-state index is 13.9. The molecule has 10 heteroatoms. The van der Waals surface area contributed by atoms with Crippen molar-refractivity contribution in [1.29, 1.82) is 0 Å². The Balaban J connectivity index is 2.04. The Hall–Kier alpha value is -3.07. The van der Waals surface area contributed by atoms with Crippen LogP contribution in [0.25, 0.3) is 0 Å². The molecule has 1 atom stereocenters. The van der Waals surface area contributed by atoms with Crippen LogP contribution in [-0.4, -0.2) is 51.0 Å². The maximum absolute atomic E-state index is 13.9. The predicted octanol–water partition coefficient (Wildman–Crippen LogP) is 4.45. The van der Waals surface area contributed by atoms with Gasteiger partial charge in [0.1, 0.15) is 12.6 Å². The van der Waals surface area contributed by atoms with Gasteiger partial charge in [0.2, 0.25) is 21.8 Å². The Morgan fingerprint density at radius 3 is 2.11 bits per heavy atom. The molecule has 0 unspecified atom stereocenters. The van der Waals surface area contributed by atoms with Gasteiger partial charge in [-0.1, -0.05) is 83.4 Å². The van der Waals surface area contributed by atoms with Crippen LogP contribution in [0.5, 0.6) is 0 Å². The van der Waals surface area contributed by atoms with E-state index in [1.807, 2.05) is 61.5 Å². The first-order chi connectivity index (χ1) is 17.5. The molecular weight excluding hydrogens is 533 g/mol. The first-order valence-electron chi connectivity index (χ1n) is 11.5. The molecule has 3 rings (SSSR count). The lowest BCUT2D eigenvalue weighted by molar-refractivity contribution is -0.139. The Labute approximate surface area is 228 Å². The summed E-state index contributed by atoms with van der Waals surface area (Å²) in [5.74, 6) is -0.908. The Morgan fingerprint density at radius 1 is 0.919 bits per heavy atom. The largest absolute Gasteiger partial charge is 0.357 e. The number of rotatable bonds is 10. The zero-order chi connectivity index (χ0) is 27.2. The van der Waals surface area contributed by atoms with Crippen molar-refractivity contribution in [3.05, 3.63) is 99.5 Å². The number of nitrogens with zero attached hydrogens (tertiary/aromatic N) is 2. The molecule has 0 aliphatic rings. The summed E-state index contributed by atoms with van der Waals surface area (Å²) in [7, 11) is -2.40. The number of likely N-dealkylation sites (N-methyl/N-ethyl adjacent to an activating group) is 1. The van der Waals surface area contributed by atoms with Gasteiger partial charge in [-0.05, 0) is 36.2 Å². The normalized spacial score (nSPS) is 12.0. The van der Waals surface area contributed by atoms with Crippen molar-refractivity contribution in [2.75, 3.05) is 24.2 Å². The van der Waals surface area contributed by atoms with E-state index in [0.29, 0.717) is 0 Å². The molecule has 3 aromatic rings. The van der Waals surface area contributed by atoms with Gasteiger partial charge in [-0.2, -0.15) is 0 Å². The summed E-state index contributed by atoms with van der Waals surface area (Å²) in [5, 5.41) is 3.11. The molecule has 0 radical (unpaired) electrons. The molecule has 0 saturated carbocycles. The van der Waals surface area contributed by atoms with Gasteiger partial charge in [-0.15, -0.1) is 0 Å². The van der Waals surface area contributed by atoms with Crippen molar-refractivity contribution in [1.82, 2.24) is 10.2 Å². The number of sulfonamides is 1. The lowest BCUT2D eigenvalue weighted by Crippen LogP contribution is -2.52. The molecule has 3 aromatic carbocycles. The van der Waals surface area contributed by atoms with Crippen LogP contribution in [0.3, 0.4) is 0 Å². The van der Waals surface area contributed by atoms with E-state index in [4.69, 9.17) is 23.2 Å². The molecule has 0 heterocycles. The molecule has 37 heavy (non-hydrogen) atoms. The van der Waals surface area contributed by atoms with Crippen LogP contribution in [0.15, 0.2) is 72.8 Å². The van der Waals surface area contributed by atoms with Crippen molar-refractivity contribution >= 4 is 50.7 Å². The monoisotopic (exact) mass is 561 g/mol. The molecule has 0 aliphatic heterocycles. The highest BCUT2D eigenvalue weighted by Gasteiger charge is 2.32. The lowest BCUT2D eigenvalue weighted by atomic mass is 10.0. The number of benzene rings is 3. The number of halogens is 2. The maximum Gasteiger partial charge on any atom is 0.244 e. The van der Waals surface area contributed by atoms with Crippen LogP contribution >= 0.6 is 23.2 Å². The summed E-state index contributed by atoms with van der Waals surface area (Å²) >= 11 is 12.2. The zero-order valence-electron chi connectivity index (χ0n) is 20.8. The molecular formula is C27H29Cl2N3O4S. The smallest absolute Gasteiger partial charge is 0.244 e. The summed E-state index contributed by atoms with van der Waals surface area (Å²) in [5.41, 5.74) is 2.82. The van der Waals surface area contributed by atoms with Gasteiger partial charge in [0.05, 0.1) is 11.9 Å². The van der Waals surface area contributed by atoms with Gasteiger partial charge < -0.3 is 10.2 Å². The minimum atomic E-state index is -3.90. The van der Waals surface area contributed by atoms with Gasteiger partial charge >= 0.3 is 0 Å². The van der Waals surface area contributed by atoms with Gasteiger partial charge in [-0.3, -0.25) is 13.9 Å². The van der Waals surface area contributed by atoms with Crippen molar-refractivity contribution < 1.29 is 18.0 Å². The topological polar surface area (TPSA) is 86.8 Å². The van der Waals surface area contributed by atoms with Gasteiger partial charge in [0.25, 0.3) is 0 Å². The van der Waals surface area contributed by atoms with E-state index in [-0.39, 0.29) is 34.6 Å². The number of hydrogen-bond acceptors (Lipinski definition) is 4. The molecule has 2 amide bonds. The quantitative estimate of drug-likeness (QED) is 0.396. The Morgan fingerprint density at radius 2 is 1.54 bits per heavy atom. The van der Waals surface area contributed by atoms with Crippen LogP contribution in [0.1, 0.15) is 16.7 Å². The average molecular weight is 563 g/mol. The van der Waals surface area contributed by atoms with Crippen molar-refractivity contribution in [2.45, 2.75) is 25.9 Å². The summed E-state index contributed by atoms with van der Waals surface area (Å²) in [6.07, 6.45) is 1.25. The van der Waals surface area contributed by atoms with Crippen LogP contribution in [0.4, 0.5) is 5.69 Å². The second-order valence-corrected chi connectivity index (χ2v) is 11.5. The number of amides is 2. The third-order valence-electron chi connectivity index (χ3n) is 5.77. The van der Waals surface area contributed by atoms with E-state index < -0.39 is 28.5 Å². The zero-order valence-corrected chi connectivity index (χ0v) is 23.1. The molecule has 0 saturated heterocycles. The molecule has 196 valence electrons. The number of anilines is 1. The minimum Gasteiger partial charge on any atom is -0.357 e. The van der Waals surface area contributed by atoms with Crippen molar-refractivity contribution in [3.63, 3.8) is 0 Å². The van der Waals surface area contributed by atoms with Gasteiger partial charge in [-0.25, -0.2) is 8.42 Å². The molecule has 0 bridgehead atoms. The van der Waals surface area contributed by atoms with E-state index >= 15 is 0 Å². The summed E-state index contributed by atoms with van der Waals surface area (Å²) in [6, 6.07) is 20.4. The first-order valence-corrected chi connectivity index (χ1v) is 14.1. The predicted molar refractivity (Wildman–Crippen MR) is 148 cm³/mol. The lowest BCUT2D eigenvalue weighted by Gasteiger charge is -2.33. The summed E-state index contributed by atoms with van der Waals surface area (Å²) in [6.45, 7) is 1.51. The number of hydrogen-bond donors (Lipinski definition) is 1. The number of nitrogens with one attached hydrogen (secondary N) is 1. The molecule has 7 nitrogen and oxygen atoms in total. The highest BCUT2D eigenvalue weighted by Crippen LogP contribution is 2.27. The van der Waals surface area contributed by atoms with E-state index in [1.165, 1.54) is 30.1 Å². The SMILES string of the molecule is CNC(=O)[C@H](Cc1ccccc1)N(Cc1cccc(C)c1)C(=O)CN(c1cc(Cl)cc(Cl)c1)S(C)(=O)=O. The number of carbonyl (C=O) groups is 2. The second-order valence-electron chi connectivity index (χ2n) is 8.73. The van der Waals surface area contributed by atoms with E-state index in [0.717, 1.165) is 27.3 Å². The van der Waals surface area contributed by atoms with Gasteiger partial charge in [0.15, 0.2) is 0 Å². The van der Waals surface area contributed by atoms with Crippen LogP contribution in [-0.2, 0) is 32.6 Å². The van der Waals surface area contributed by atoms with E-state index in [2.05, 4.69) is 5.32 Å². The average Bonchev–Trinajstić information content (AvgIpc) is 2.83.